The second-order valence-corrected chi connectivity index (χ2v) is 4.48. The van der Waals surface area contributed by atoms with Crippen LogP contribution in [0.5, 0.6) is 0 Å². The van der Waals surface area contributed by atoms with E-state index < -0.39 is 0 Å². The van der Waals surface area contributed by atoms with Crippen LogP contribution in [-0.4, -0.2) is 50.3 Å². The molecule has 16 heavy (non-hydrogen) atoms. The molecule has 0 atom stereocenters. The third-order valence-corrected chi connectivity index (χ3v) is 2.60. The molecule has 0 fully saturated rings. The molecule has 0 spiro atoms. The summed E-state index contributed by atoms with van der Waals surface area (Å²) in [6, 6.07) is 1.11. The van der Waals surface area contributed by atoms with Crippen LogP contribution in [0.2, 0.25) is 0 Å². The summed E-state index contributed by atoms with van der Waals surface area (Å²) in [5.74, 6) is 0.715. The number of hydrogen-bond acceptors (Lipinski definition) is 5. The summed E-state index contributed by atoms with van der Waals surface area (Å²) in [6.07, 6.45) is 0. The van der Waals surface area contributed by atoms with Crippen molar-refractivity contribution < 1.29 is 0 Å². The molecule has 0 saturated heterocycles. The summed E-state index contributed by atoms with van der Waals surface area (Å²) in [5, 5.41) is 14.4. The summed E-state index contributed by atoms with van der Waals surface area (Å²) in [7, 11) is 1.82. The highest BCUT2D eigenvalue weighted by Gasteiger charge is 2.12. The molecule has 0 amide bonds. The maximum atomic E-state index is 3.87. The van der Waals surface area contributed by atoms with Gasteiger partial charge in [-0.3, -0.25) is 4.90 Å². The predicted molar refractivity (Wildman–Crippen MR) is 64.3 cm³/mol. The van der Waals surface area contributed by atoms with Gasteiger partial charge < -0.3 is 5.32 Å². The number of nitrogens with zero attached hydrogens (tertiary/aromatic N) is 5. The van der Waals surface area contributed by atoms with Crippen molar-refractivity contribution in [3.05, 3.63) is 0 Å². The first kappa shape index (κ1) is 12.9. The summed E-state index contributed by atoms with van der Waals surface area (Å²) >= 11 is 0. The molecule has 92 valence electrons. The van der Waals surface area contributed by atoms with Gasteiger partial charge in [0.05, 0.1) is 0 Å². The first-order valence-electron chi connectivity index (χ1n) is 5.74. The van der Waals surface area contributed by atoms with Crippen LogP contribution in [0.15, 0.2) is 0 Å². The van der Waals surface area contributed by atoms with Crippen LogP contribution in [-0.2, 0) is 7.05 Å². The Labute approximate surface area is 97.0 Å². The van der Waals surface area contributed by atoms with Crippen molar-refractivity contribution in [3.8, 4) is 0 Å². The minimum Gasteiger partial charge on any atom is -0.352 e. The Balaban J connectivity index is 2.37. The third-order valence-electron chi connectivity index (χ3n) is 2.60. The van der Waals surface area contributed by atoms with Crippen molar-refractivity contribution in [2.45, 2.75) is 39.8 Å². The van der Waals surface area contributed by atoms with Gasteiger partial charge in [-0.1, -0.05) is 5.10 Å². The number of nitrogens with one attached hydrogen (secondary N) is 1. The smallest absolute Gasteiger partial charge is 0.242 e. The molecule has 0 unspecified atom stereocenters. The van der Waals surface area contributed by atoms with Gasteiger partial charge in [0.25, 0.3) is 0 Å². The highest BCUT2D eigenvalue weighted by Crippen LogP contribution is 2.04. The lowest BCUT2D eigenvalue weighted by atomic mass is 10.2. The Kier molecular flexibility index (Phi) is 4.67. The lowest BCUT2D eigenvalue weighted by Crippen LogP contribution is -2.40. The van der Waals surface area contributed by atoms with E-state index in [9.17, 15) is 0 Å². The molecule has 1 aromatic rings. The van der Waals surface area contributed by atoms with Gasteiger partial charge in [-0.25, -0.2) is 4.68 Å². The van der Waals surface area contributed by atoms with Gasteiger partial charge in [0.1, 0.15) is 0 Å². The van der Waals surface area contributed by atoms with Crippen LogP contribution in [0.3, 0.4) is 0 Å². The fourth-order valence-corrected chi connectivity index (χ4v) is 1.79. The molecule has 1 rings (SSSR count). The Morgan fingerprint density at radius 3 is 2.31 bits per heavy atom. The Hall–Kier alpha value is -1.17. The zero-order chi connectivity index (χ0) is 12.1. The molecular formula is C10H22N6. The molecule has 1 N–H and O–H groups in total. The van der Waals surface area contributed by atoms with E-state index in [1.54, 1.807) is 4.68 Å². The average molecular weight is 226 g/mol. The standard InChI is InChI=1S/C10H22N6/c1-8(2)16(9(3)4)7-6-11-10-12-13-14-15(10)5/h8-9H,6-7H2,1-5H3,(H,11,12,14). The van der Waals surface area contributed by atoms with E-state index in [1.807, 2.05) is 7.05 Å². The van der Waals surface area contributed by atoms with Gasteiger partial charge in [-0.05, 0) is 38.1 Å². The summed E-state index contributed by atoms with van der Waals surface area (Å²) < 4.78 is 1.63. The largest absolute Gasteiger partial charge is 0.352 e. The highest BCUT2D eigenvalue weighted by atomic mass is 15.6. The van der Waals surface area contributed by atoms with Crippen LogP contribution in [0, 0.1) is 0 Å². The van der Waals surface area contributed by atoms with Gasteiger partial charge in [0, 0.05) is 32.2 Å². The first-order chi connectivity index (χ1) is 7.52. The Morgan fingerprint density at radius 1 is 1.25 bits per heavy atom. The number of rotatable bonds is 6. The number of aromatic nitrogens is 4. The first-order valence-corrected chi connectivity index (χ1v) is 5.74. The average Bonchev–Trinajstić information content (AvgIpc) is 2.57. The lowest BCUT2D eigenvalue weighted by Gasteiger charge is -2.30. The lowest BCUT2D eigenvalue weighted by molar-refractivity contribution is 0.182. The zero-order valence-electron chi connectivity index (χ0n) is 10.8. The molecule has 0 aliphatic carbocycles. The quantitative estimate of drug-likeness (QED) is 0.775. The maximum absolute atomic E-state index is 3.87. The van der Waals surface area contributed by atoms with Gasteiger partial charge in [-0.15, -0.1) is 0 Å². The fraction of sp³-hybridized carbons (Fsp3) is 0.900. The minimum absolute atomic E-state index is 0.555. The van der Waals surface area contributed by atoms with Crippen LogP contribution in [0.1, 0.15) is 27.7 Å². The Morgan fingerprint density at radius 2 is 1.88 bits per heavy atom. The van der Waals surface area contributed by atoms with E-state index >= 15 is 0 Å². The summed E-state index contributed by atoms with van der Waals surface area (Å²) in [6.45, 7) is 10.7. The SMILES string of the molecule is CC(C)N(CCNc1nnnn1C)C(C)C. The molecule has 0 aliphatic rings. The van der Waals surface area contributed by atoms with E-state index in [1.165, 1.54) is 0 Å². The second kappa shape index (κ2) is 5.79. The zero-order valence-corrected chi connectivity index (χ0v) is 10.8. The van der Waals surface area contributed by atoms with Gasteiger partial charge in [0.15, 0.2) is 0 Å². The van der Waals surface area contributed by atoms with Crippen molar-refractivity contribution in [3.63, 3.8) is 0 Å². The van der Waals surface area contributed by atoms with E-state index in [2.05, 4.69) is 53.4 Å². The van der Waals surface area contributed by atoms with E-state index in [4.69, 9.17) is 0 Å². The predicted octanol–water partition coefficient (Wildman–Crippen LogP) is 0.741. The molecule has 0 bridgehead atoms. The number of aryl methyl sites for hydroxylation is 1. The molecule has 6 heteroatoms. The third kappa shape index (κ3) is 3.44. The van der Waals surface area contributed by atoms with Crippen molar-refractivity contribution in [2.24, 2.45) is 7.05 Å². The van der Waals surface area contributed by atoms with E-state index in [-0.39, 0.29) is 0 Å². The van der Waals surface area contributed by atoms with Gasteiger partial charge >= 0.3 is 0 Å². The van der Waals surface area contributed by atoms with Crippen molar-refractivity contribution >= 4 is 5.95 Å². The van der Waals surface area contributed by atoms with Crippen LogP contribution in [0.25, 0.3) is 0 Å². The summed E-state index contributed by atoms with van der Waals surface area (Å²) in [5.41, 5.74) is 0. The van der Waals surface area contributed by atoms with Crippen LogP contribution >= 0.6 is 0 Å². The minimum atomic E-state index is 0.555. The van der Waals surface area contributed by atoms with Crippen molar-refractivity contribution in [1.29, 1.82) is 0 Å². The molecule has 6 nitrogen and oxygen atoms in total. The van der Waals surface area contributed by atoms with Crippen molar-refractivity contribution in [1.82, 2.24) is 25.1 Å². The summed E-state index contributed by atoms with van der Waals surface area (Å²) in [4.78, 5) is 2.43. The second-order valence-electron chi connectivity index (χ2n) is 4.48. The molecule has 0 radical (unpaired) electrons. The maximum Gasteiger partial charge on any atom is 0.242 e. The molecule has 0 aliphatic heterocycles. The monoisotopic (exact) mass is 226 g/mol. The van der Waals surface area contributed by atoms with Gasteiger partial charge in [-0.2, -0.15) is 0 Å². The molecular weight excluding hydrogens is 204 g/mol. The number of hydrogen-bond donors (Lipinski definition) is 1. The van der Waals surface area contributed by atoms with Crippen molar-refractivity contribution in [2.75, 3.05) is 18.4 Å². The normalized spacial score (nSPS) is 11.8. The van der Waals surface area contributed by atoms with E-state index in [0.717, 1.165) is 13.1 Å². The molecule has 0 saturated carbocycles. The van der Waals surface area contributed by atoms with Gasteiger partial charge in [0.2, 0.25) is 5.95 Å². The fourth-order valence-electron chi connectivity index (χ4n) is 1.79. The number of tetrazole rings is 1. The van der Waals surface area contributed by atoms with Crippen LogP contribution < -0.4 is 5.32 Å². The highest BCUT2D eigenvalue weighted by molar-refractivity contribution is 5.20. The number of anilines is 1. The molecule has 0 aromatic carbocycles. The molecule has 1 aromatic heterocycles. The van der Waals surface area contributed by atoms with Crippen LogP contribution in [0.4, 0.5) is 5.95 Å². The topological polar surface area (TPSA) is 58.9 Å². The Bertz CT molecular complexity index is 298. The molecule has 1 heterocycles. The van der Waals surface area contributed by atoms with E-state index in [0.29, 0.717) is 18.0 Å².